The van der Waals surface area contributed by atoms with Crippen LogP contribution in [0.4, 0.5) is 0 Å². The third-order valence-corrected chi connectivity index (χ3v) is 3.79. The first kappa shape index (κ1) is 15.9. The average molecular weight is 244 g/mol. The average Bonchev–Trinajstić information content (AvgIpc) is 2.14. The van der Waals surface area contributed by atoms with Gasteiger partial charge >= 0.3 is 0 Å². The molecule has 0 unspecified atom stereocenters. The molecule has 0 aromatic rings. The van der Waals surface area contributed by atoms with Crippen LogP contribution in [0.2, 0.25) is 19.6 Å². The van der Waals surface area contributed by atoms with E-state index < -0.39 is 8.32 Å². The molecule has 0 bridgehead atoms. The molecule has 0 spiro atoms. The molecule has 2 nitrogen and oxygen atoms in total. The lowest BCUT2D eigenvalue weighted by atomic mass is 9.84. The van der Waals surface area contributed by atoms with Crippen molar-refractivity contribution in [2.24, 2.45) is 5.41 Å². The number of ether oxygens (including phenoxy) is 1. The van der Waals surface area contributed by atoms with Crippen molar-refractivity contribution in [2.45, 2.75) is 59.0 Å². The molecule has 0 aromatic carbocycles. The molecule has 3 heteroatoms. The molecule has 0 aliphatic carbocycles. The zero-order chi connectivity index (χ0) is 13.0. The summed E-state index contributed by atoms with van der Waals surface area (Å²) in [5.41, 5.74) is -0.00687. The summed E-state index contributed by atoms with van der Waals surface area (Å²) in [4.78, 5) is 0. The predicted octanol–water partition coefficient (Wildman–Crippen LogP) is 3.84. The van der Waals surface area contributed by atoms with Gasteiger partial charge in [0, 0.05) is 12.5 Å². The lowest BCUT2D eigenvalue weighted by molar-refractivity contribution is 0.0249. The summed E-state index contributed by atoms with van der Waals surface area (Å²) in [5, 5.41) is 0. The van der Waals surface area contributed by atoms with E-state index in [0.717, 1.165) is 6.42 Å². The van der Waals surface area contributed by atoms with Crippen LogP contribution in [0.1, 0.15) is 27.2 Å². The van der Waals surface area contributed by atoms with Crippen LogP contribution < -0.4 is 0 Å². The molecule has 0 rings (SSSR count). The van der Waals surface area contributed by atoms with Crippen molar-refractivity contribution in [3.8, 4) is 0 Å². The fourth-order valence-electron chi connectivity index (χ4n) is 1.46. The van der Waals surface area contributed by atoms with Crippen LogP contribution in [-0.4, -0.2) is 27.6 Å². The van der Waals surface area contributed by atoms with Gasteiger partial charge in [0.2, 0.25) is 0 Å². The van der Waals surface area contributed by atoms with Crippen LogP contribution in [0.5, 0.6) is 0 Å². The van der Waals surface area contributed by atoms with E-state index in [-0.39, 0.29) is 17.6 Å². The Balaban J connectivity index is 4.70. The zero-order valence-corrected chi connectivity index (χ0v) is 13.0. The quantitative estimate of drug-likeness (QED) is 0.500. The maximum absolute atomic E-state index is 6.25. The van der Waals surface area contributed by atoms with Gasteiger partial charge in [-0.1, -0.05) is 19.9 Å². The van der Waals surface area contributed by atoms with Gasteiger partial charge in [-0.05, 0) is 33.0 Å². The maximum atomic E-state index is 6.25. The van der Waals surface area contributed by atoms with Crippen LogP contribution >= 0.6 is 0 Å². The first-order valence-electron chi connectivity index (χ1n) is 5.96. The normalized spacial score (nSPS) is 16.9. The Kier molecular flexibility index (Phi) is 5.94. The first-order chi connectivity index (χ1) is 7.12. The summed E-state index contributed by atoms with van der Waals surface area (Å²) in [5.74, 6) is 0. The second-order valence-corrected chi connectivity index (χ2v) is 10.5. The van der Waals surface area contributed by atoms with Gasteiger partial charge in [-0.2, -0.15) is 0 Å². The predicted molar refractivity (Wildman–Crippen MR) is 73.3 cm³/mol. The number of rotatable bonds is 7. The molecule has 0 aliphatic heterocycles. The Morgan fingerprint density at radius 1 is 1.31 bits per heavy atom. The van der Waals surface area contributed by atoms with E-state index in [1.54, 1.807) is 7.11 Å². The first-order valence-corrected chi connectivity index (χ1v) is 9.37. The molecule has 0 fully saturated rings. The highest BCUT2D eigenvalue weighted by Crippen LogP contribution is 2.30. The second-order valence-electron chi connectivity index (χ2n) is 6.03. The van der Waals surface area contributed by atoms with Gasteiger partial charge in [-0.25, -0.2) is 0 Å². The van der Waals surface area contributed by atoms with Crippen molar-refractivity contribution in [3.63, 3.8) is 0 Å². The van der Waals surface area contributed by atoms with Gasteiger partial charge in [-0.15, -0.1) is 6.58 Å². The Morgan fingerprint density at radius 2 is 1.81 bits per heavy atom. The minimum Gasteiger partial charge on any atom is -0.414 e. The molecule has 0 aromatic heterocycles. The maximum Gasteiger partial charge on any atom is 0.184 e. The standard InChI is InChI=1S/C13H28O2Si/c1-9-13(3,4)12(10-11(2)14-5)15-16(6,7)8/h9,11-12H,1,10H2,2-8H3/t11-,12+/m0/s1. The summed E-state index contributed by atoms with van der Waals surface area (Å²) in [7, 11) is 0.218. The van der Waals surface area contributed by atoms with Gasteiger partial charge < -0.3 is 9.16 Å². The van der Waals surface area contributed by atoms with Crippen LogP contribution in [0.15, 0.2) is 12.7 Å². The Hall–Kier alpha value is -0.123. The van der Waals surface area contributed by atoms with E-state index in [4.69, 9.17) is 9.16 Å². The van der Waals surface area contributed by atoms with Crippen molar-refractivity contribution < 1.29 is 9.16 Å². The Morgan fingerprint density at radius 3 is 2.12 bits per heavy atom. The van der Waals surface area contributed by atoms with Gasteiger partial charge in [0.1, 0.15) is 0 Å². The van der Waals surface area contributed by atoms with Gasteiger partial charge in [0.25, 0.3) is 0 Å². The highest BCUT2D eigenvalue weighted by Gasteiger charge is 2.32. The van der Waals surface area contributed by atoms with Gasteiger partial charge in [-0.3, -0.25) is 0 Å². The summed E-state index contributed by atoms with van der Waals surface area (Å²) in [6.45, 7) is 17.0. The number of methoxy groups -OCH3 is 1. The van der Waals surface area contributed by atoms with Crippen molar-refractivity contribution >= 4 is 8.32 Å². The van der Waals surface area contributed by atoms with Crippen molar-refractivity contribution in [3.05, 3.63) is 12.7 Å². The van der Waals surface area contributed by atoms with E-state index in [0.29, 0.717) is 0 Å². The largest absolute Gasteiger partial charge is 0.414 e. The fraction of sp³-hybridized carbons (Fsp3) is 0.846. The van der Waals surface area contributed by atoms with Crippen LogP contribution in [-0.2, 0) is 9.16 Å². The molecular weight excluding hydrogens is 216 g/mol. The molecule has 0 N–H and O–H groups in total. The van der Waals surface area contributed by atoms with E-state index in [1.807, 2.05) is 6.08 Å². The van der Waals surface area contributed by atoms with E-state index in [9.17, 15) is 0 Å². The third kappa shape index (κ3) is 5.82. The SMILES string of the molecule is C=CC(C)(C)[C@@H](C[C@H](C)OC)O[Si](C)(C)C. The van der Waals surface area contributed by atoms with Crippen LogP contribution in [0.25, 0.3) is 0 Å². The van der Waals surface area contributed by atoms with Crippen molar-refractivity contribution in [1.82, 2.24) is 0 Å². The molecule has 0 amide bonds. The summed E-state index contributed by atoms with van der Waals surface area (Å²) < 4.78 is 11.6. The molecule has 0 heterocycles. The molecule has 0 saturated heterocycles. The smallest absolute Gasteiger partial charge is 0.184 e. The second kappa shape index (κ2) is 5.99. The number of hydrogen-bond donors (Lipinski definition) is 0. The highest BCUT2D eigenvalue weighted by atomic mass is 28.4. The lowest BCUT2D eigenvalue weighted by Gasteiger charge is -2.37. The molecule has 16 heavy (non-hydrogen) atoms. The van der Waals surface area contributed by atoms with Crippen LogP contribution in [0, 0.1) is 5.41 Å². The topological polar surface area (TPSA) is 18.5 Å². The van der Waals surface area contributed by atoms with Gasteiger partial charge in [0.05, 0.1) is 12.2 Å². The molecule has 0 aliphatic rings. The molecule has 0 radical (unpaired) electrons. The summed E-state index contributed by atoms with van der Waals surface area (Å²) >= 11 is 0. The lowest BCUT2D eigenvalue weighted by Crippen LogP contribution is -2.41. The van der Waals surface area contributed by atoms with Gasteiger partial charge in [0.15, 0.2) is 8.32 Å². The Labute approximate surface area is 102 Å². The minimum absolute atomic E-state index is 0.00687. The van der Waals surface area contributed by atoms with Crippen molar-refractivity contribution in [1.29, 1.82) is 0 Å². The number of hydrogen-bond acceptors (Lipinski definition) is 2. The fourth-order valence-corrected chi connectivity index (χ4v) is 2.71. The van der Waals surface area contributed by atoms with E-state index in [1.165, 1.54) is 0 Å². The monoisotopic (exact) mass is 244 g/mol. The zero-order valence-electron chi connectivity index (χ0n) is 12.0. The molecule has 2 atom stereocenters. The van der Waals surface area contributed by atoms with E-state index in [2.05, 4.69) is 47.0 Å². The molecular formula is C13H28O2Si. The highest BCUT2D eigenvalue weighted by molar-refractivity contribution is 6.69. The van der Waals surface area contributed by atoms with Crippen LogP contribution in [0.3, 0.4) is 0 Å². The third-order valence-electron chi connectivity index (χ3n) is 2.80. The molecule has 0 saturated carbocycles. The Bertz CT molecular complexity index is 218. The molecule has 96 valence electrons. The summed E-state index contributed by atoms with van der Waals surface area (Å²) in [6, 6.07) is 0. The van der Waals surface area contributed by atoms with E-state index >= 15 is 0 Å². The minimum atomic E-state index is -1.53. The van der Waals surface area contributed by atoms with Crippen molar-refractivity contribution in [2.75, 3.05) is 7.11 Å². The summed E-state index contributed by atoms with van der Waals surface area (Å²) in [6.07, 6.45) is 3.31.